The van der Waals surface area contributed by atoms with Gasteiger partial charge in [0, 0.05) is 18.7 Å². The first-order valence-corrected chi connectivity index (χ1v) is 5.45. The molecule has 1 aromatic carbocycles. The third kappa shape index (κ3) is 2.47. The van der Waals surface area contributed by atoms with Crippen LogP contribution < -0.4 is 5.73 Å². The van der Waals surface area contributed by atoms with Crippen LogP contribution in [0, 0.1) is 0 Å². The SMILES string of the molecule is NC(C(=O)c1ccccc1)N1CCOCC1. The highest BCUT2D eigenvalue weighted by Gasteiger charge is 2.24. The van der Waals surface area contributed by atoms with Gasteiger partial charge in [0.2, 0.25) is 0 Å². The normalized spacial score (nSPS) is 19.3. The molecule has 16 heavy (non-hydrogen) atoms. The minimum Gasteiger partial charge on any atom is -0.379 e. The molecule has 2 N–H and O–H groups in total. The zero-order valence-electron chi connectivity index (χ0n) is 9.13. The molecule has 4 heteroatoms. The summed E-state index contributed by atoms with van der Waals surface area (Å²) in [5.41, 5.74) is 6.61. The molecular weight excluding hydrogens is 204 g/mol. The largest absolute Gasteiger partial charge is 0.379 e. The van der Waals surface area contributed by atoms with Crippen LogP contribution in [-0.2, 0) is 4.74 Å². The molecule has 1 aliphatic heterocycles. The van der Waals surface area contributed by atoms with Gasteiger partial charge in [-0.1, -0.05) is 30.3 Å². The quantitative estimate of drug-likeness (QED) is 0.753. The van der Waals surface area contributed by atoms with Crippen LogP contribution in [0.1, 0.15) is 10.4 Å². The van der Waals surface area contributed by atoms with Gasteiger partial charge in [0.1, 0.15) is 6.17 Å². The molecule has 86 valence electrons. The number of carbonyl (C=O) groups excluding carboxylic acids is 1. The molecule has 2 rings (SSSR count). The maximum absolute atomic E-state index is 12.0. The zero-order chi connectivity index (χ0) is 11.4. The molecule has 0 amide bonds. The predicted octanol–water partition coefficient (Wildman–Crippen LogP) is 0.486. The van der Waals surface area contributed by atoms with Crippen molar-refractivity contribution in [2.24, 2.45) is 5.73 Å². The van der Waals surface area contributed by atoms with Crippen LogP contribution in [0.25, 0.3) is 0 Å². The lowest BCUT2D eigenvalue weighted by molar-refractivity contribution is 0.0187. The highest BCUT2D eigenvalue weighted by Crippen LogP contribution is 2.07. The van der Waals surface area contributed by atoms with E-state index in [1.807, 2.05) is 23.1 Å². The van der Waals surface area contributed by atoms with E-state index in [0.717, 1.165) is 13.1 Å². The molecule has 4 nitrogen and oxygen atoms in total. The van der Waals surface area contributed by atoms with Gasteiger partial charge in [0.05, 0.1) is 13.2 Å². The Hall–Kier alpha value is -1.23. The zero-order valence-corrected chi connectivity index (χ0v) is 9.13. The smallest absolute Gasteiger partial charge is 0.194 e. The van der Waals surface area contributed by atoms with Crippen LogP contribution in [-0.4, -0.2) is 43.2 Å². The summed E-state index contributed by atoms with van der Waals surface area (Å²) in [5.74, 6) is -0.0255. The number of morpholine rings is 1. The number of rotatable bonds is 3. The van der Waals surface area contributed by atoms with Crippen molar-refractivity contribution < 1.29 is 9.53 Å². The molecule has 0 aromatic heterocycles. The Balaban J connectivity index is 2.04. The van der Waals surface area contributed by atoms with E-state index in [4.69, 9.17) is 10.5 Å². The Morgan fingerprint density at radius 2 is 1.88 bits per heavy atom. The Kier molecular flexibility index (Phi) is 3.66. The Morgan fingerprint density at radius 3 is 2.50 bits per heavy atom. The number of hydrogen-bond donors (Lipinski definition) is 1. The number of benzene rings is 1. The van der Waals surface area contributed by atoms with E-state index in [1.54, 1.807) is 12.1 Å². The van der Waals surface area contributed by atoms with Gasteiger partial charge in [-0.3, -0.25) is 9.69 Å². The topological polar surface area (TPSA) is 55.6 Å². The molecule has 0 radical (unpaired) electrons. The van der Waals surface area contributed by atoms with Gasteiger partial charge in [0.15, 0.2) is 5.78 Å². The molecule has 0 saturated carbocycles. The summed E-state index contributed by atoms with van der Waals surface area (Å²) in [6, 6.07) is 9.17. The summed E-state index contributed by atoms with van der Waals surface area (Å²) >= 11 is 0. The minimum atomic E-state index is -0.550. The lowest BCUT2D eigenvalue weighted by Gasteiger charge is -2.30. The van der Waals surface area contributed by atoms with Gasteiger partial charge in [-0.05, 0) is 0 Å². The molecule has 0 bridgehead atoms. The van der Waals surface area contributed by atoms with Crippen molar-refractivity contribution in [2.75, 3.05) is 26.3 Å². The summed E-state index contributed by atoms with van der Waals surface area (Å²) in [6.45, 7) is 2.74. The molecule has 1 heterocycles. The standard InChI is InChI=1S/C12H16N2O2/c13-12(14-6-8-16-9-7-14)11(15)10-4-2-1-3-5-10/h1-5,12H,6-9,13H2. The lowest BCUT2D eigenvalue weighted by atomic mass is 10.1. The molecule has 1 atom stereocenters. The molecule has 0 spiro atoms. The number of carbonyl (C=O) groups is 1. The molecule has 1 saturated heterocycles. The van der Waals surface area contributed by atoms with Crippen molar-refractivity contribution >= 4 is 5.78 Å². The fourth-order valence-corrected chi connectivity index (χ4v) is 1.79. The Morgan fingerprint density at radius 1 is 1.25 bits per heavy atom. The summed E-state index contributed by atoms with van der Waals surface area (Å²) in [5, 5.41) is 0. The summed E-state index contributed by atoms with van der Waals surface area (Å²) in [6.07, 6.45) is -0.550. The van der Waals surface area contributed by atoms with Crippen molar-refractivity contribution in [3.8, 4) is 0 Å². The summed E-state index contributed by atoms with van der Waals surface area (Å²) < 4.78 is 5.23. The van der Waals surface area contributed by atoms with Crippen LogP contribution in [0.3, 0.4) is 0 Å². The van der Waals surface area contributed by atoms with Crippen molar-refractivity contribution in [2.45, 2.75) is 6.17 Å². The molecular formula is C12H16N2O2. The monoisotopic (exact) mass is 220 g/mol. The number of hydrogen-bond acceptors (Lipinski definition) is 4. The van der Waals surface area contributed by atoms with Crippen molar-refractivity contribution in [3.63, 3.8) is 0 Å². The molecule has 1 aromatic rings. The highest BCUT2D eigenvalue weighted by atomic mass is 16.5. The highest BCUT2D eigenvalue weighted by molar-refractivity contribution is 5.99. The van der Waals surface area contributed by atoms with E-state index in [-0.39, 0.29) is 5.78 Å². The van der Waals surface area contributed by atoms with Crippen LogP contribution in [0.4, 0.5) is 0 Å². The summed E-state index contributed by atoms with van der Waals surface area (Å²) in [7, 11) is 0. The van der Waals surface area contributed by atoms with E-state index in [2.05, 4.69) is 0 Å². The van der Waals surface area contributed by atoms with Crippen LogP contribution in [0.15, 0.2) is 30.3 Å². The van der Waals surface area contributed by atoms with E-state index >= 15 is 0 Å². The van der Waals surface area contributed by atoms with Gasteiger partial charge >= 0.3 is 0 Å². The predicted molar refractivity (Wildman–Crippen MR) is 61.1 cm³/mol. The van der Waals surface area contributed by atoms with Crippen LogP contribution in [0.5, 0.6) is 0 Å². The van der Waals surface area contributed by atoms with E-state index in [9.17, 15) is 4.79 Å². The fourth-order valence-electron chi connectivity index (χ4n) is 1.79. The molecule has 1 unspecified atom stereocenters. The fraction of sp³-hybridized carbons (Fsp3) is 0.417. The second-order valence-electron chi connectivity index (χ2n) is 3.82. The Bertz CT molecular complexity index is 347. The third-order valence-corrected chi connectivity index (χ3v) is 2.77. The number of nitrogens with zero attached hydrogens (tertiary/aromatic N) is 1. The van der Waals surface area contributed by atoms with Gasteiger partial charge < -0.3 is 10.5 Å². The molecule has 0 aliphatic carbocycles. The van der Waals surface area contributed by atoms with Crippen molar-refractivity contribution in [1.29, 1.82) is 0 Å². The maximum Gasteiger partial charge on any atom is 0.194 e. The van der Waals surface area contributed by atoms with E-state index in [1.165, 1.54) is 0 Å². The molecule has 1 aliphatic rings. The number of ketones is 1. The van der Waals surface area contributed by atoms with Gasteiger partial charge in [-0.25, -0.2) is 0 Å². The number of nitrogens with two attached hydrogens (primary N) is 1. The van der Waals surface area contributed by atoms with Crippen LogP contribution in [0.2, 0.25) is 0 Å². The van der Waals surface area contributed by atoms with E-state index < -0.39 is 6.17 Å². The first-order chi connectivity index (χ1) is 7.79. The van der Waals surface area contributed by atoms with Gasteiger partial charge in [-0.2, -0.15) is 0 Å². The maximum atomic E-state index is 12.0. The van der Waals surface area contributed by atoms with Gasteiger partial charge in [0.25, 0.3) is 0 Å². The second-order valence-corrected chi connectivity index (χ2v) is 3.82. The van der Waals surface area contributed by atoms with Crippen LogP contribution >= 0.6 is 0 Å². The number of Topliss-reactive ketones (excluding diaryl/α,β-unsaturated/α-hetero) is 1. The van der Waals surface area contributed by atoms with Crippen molar-refractivity contribution in [3.05, 3.63) is 35.9 Å². The van der Waals surface area contributed by atoms with E-state index in [0.29, 0.717) is 18.8 Å². The average Bonchev–Trinajstić information content (AvgIpc) is 2.39. The Labute approximate surface area is 95.0 Å². The number of ether oxygens (including phenoxy) is 1. The first-order valence-electron chi connectivity index (χ1n) is 5.45. The molecule has 1 fully saturated rings. The van der Waals surface area contributed by atoms with Crippen molar-refractivity contribution in [1.82, 2.24) is 4.90 Å². The lowest BCUT2D eigenvalue weighted by Crippen LogP contribution is -2.52. The second kappa shape index (κ2) is 5.21. The van der Waals surface area contributed by atoms with Gasteiger partial charge in [-0.15, -0.1) is 0 Å². The average molecular weight is 220 g/mol. The third-order valence-electron chi connectivity index (χ3n) is 2.77. The minimum absolute atomic E-state index is 0.0255. The first kappa shape index (κ1) is 11.3. The summed E-state index contributed by atoms with van der Waals surface area (Å²) in [4.78, 5) is 14.0.